The molecule has 0 bridgehead atoms. The summed E-state index contributed by atoms with van der Waals surface area (Å²) in [6, 6.07) is 29.7. The monoisotopic (exact) mass is 522 g/mol. The topological polar surface area (TPSA) is 0 Å². The third-order valence-corrected chi connectivity index (χ3v) is 20.7. The highest BCUT2D eigenvalue weighted by Crippen LogP contribution is 2.66. The number of hydrogen-bond donors (Lipinski definition) is 0. The van der Waals surface area contributed by atoms with E-state index in [0.29, 0.717) is 22.6 Å². The van der Waals surface area contributed by atoms with Gasteiger partial charge in [-0.2, -0.15) is 13.3 Å². The lowest BCUT2D eigenvalue weighted by Crippen LogP contribution is -2.41. The molecule has 0 nitrogen and oxygen atoms in total. The Bertz CT molecular complexity index is 1010. The van der Waals surface area contributed by atoms with E-state index < -0.39 is 22.4 Å². The highest BCUT2D eigenvalue weighted by atomic mass is 31.2. The maximum Gasteiger partial charge on any atom is 0.0733 e. The van der Waals surface area contributed by atoms with Crippen LogP contribution >= 0.6 is 22.4 Å². The fourth-order valence-corrected chi connectivity index (χ4v) is 15.7. The van der Waals surface area contributed by atoms with E-state index in [-0.39, 0.29) is 0 Å². The molecule has 3 aromatic rings. The van der Waals surface area contributed by atoms with Crippen LogP contribution in [0.3, 0.4) is 0 Å². The Morgan fingerprint density at radius 3 is 1.14 bits per heavy atom. The minimum atomic E-state index is -1.63. The highest BCUT2D eigenvalue weighted by Gasteiger charge is 2.41. The van der Waals surface area contributed by atoms with Crippen molar-refractivity contribution >= 4 is 49.0 Å². The Morgan fingerprint density at radius 2 is 0.800 bits per heavy atom. The molecule has 0 atom stereocenters. The Balaban J connectivity index is 2.41. The summed E-state index contributed by atoms with van der Waals surface area (Å²) in [6.45, 7) is 29.0. The van der Waals surface area contributed by atoms with E-state index >= 15 is 0 Å². The van der Waals surface area contributed by atoms with Gasteiger partial charge in [0.2, 0.25) is 0 Å². The normalized spacial score (nSPS) is 13.0. The molecule has 35 heavy (non-hydrogen) atoms. The van der Waals surface area contributed by atoms with Gasteiger partial charge in [0.25, 0.3) is 0 Å². The molecule has 0 N–H and O–H groups in total. The van der Waals surface area contributed by atoms with Crippen LogP contribution in [0.5, 0.6) is 0 Å². The molecule has 0 fully saturated rings. The zero-order valence-corrected chi connectivity index (χ0v) is 25.8. The van der Waals surface area contributed by atoms with Gasteiger partial charge in [-0.25, -0.2) is 0 Å². The van der Waals surface area contributed by atoms with Gasteiger partial charge in [-0.3, -0.25) is 0 Å². The fourth-order valence-electron chi connectivity index (χ4n) is 5.30. The summed E-state index contributed by atoms with van der Waals surface area (Å²) in [5.41, 5.74) is 2.16. The van der Waals surface area contributed by atoms with E-state index in [1.807, 2.05) is 0 Å². The molecule has 0 aromatic heterocycles. The SMILES string of the molecule is [CH2-][P+](c1ccccc1P(c1ccccc1)c1ccccc1[P+]([CH2-])(C(C)C)C(C)C)(C(C)C)C(C)C. The summed E-state index contributed by atoms with van der Waals surface area (Å²) >= 11 is 0. The van der Waals surface area contributed by atoms with Crippen molar-refractivity contribution in [3.8, 4) is 0 Å². The Hall–Kier alpha value is -1.05. The zero-order chi connectivity index (χ0) is 26.0. The second-order valence-corrected chi connectivity index (χ2v) is 21.9. The molecule has 0 unspecified atom stereocenters. The van der Waals surface area contributed by atoms with Crippen LogP contribution in [0.15, 0.2) is 78.9 Å². The number of hydrogen-bond acceptors (Lipinski definition) is 0. The van der Waals surface area contributed by atoms with Crippen LogP contribution in [0.1, 0.15) is 55.4 Å². The number of benzene rings is 3. The van der Waals surface area contributed by atoms with Crippen molar-refractivity contribution in [2.24, 2.45) is 0 Å². The molecule has 0 saturated heterocycles. The first kappa shape index (κ1) is 28.5. The average Bonchev–Trinajstić information content (AvgIpc) is 2.84. The Kier molecular flexibility index (Phi) is 9.42. The van der Waals surface area contributed by atoms with E-state index in [2.05, 4.69) is 134 Å². The molecule has 3 heteroatoms. The van der Waals surface area contributed by atoms with E-state index in [9.17, 15) is 0 Å². The predicted molar refractivity (Wildman–Crippen MR) is 170 cm³/mol. The van der Waals surface area contributed by atoms with Gasteiger partial charge < -0.3 is 0 Å². The van der Waals surface area contributed by atoms with Gasteiger partial charge in [-0.05, 0) is 80.7 Å². The van der Waals surface area contributed by atoms with Gasteiger partial charge in [0.05, 0.1) is 10.6 Å². The van der Waals surface area contributed by atoms with Crippen molar-refractivity contribution in [2.75, 3.05) is 0 Å². The molecule has 188 valence electrons. The van der Waals surface area contributed by atoms with E-state index in [1.165, 1.54) is 26.5 Å². The molecule has 3 rings (SSSR count). The van der Waals surface area contributed by atoms with Crippen LogP contribution in [0.25, 0.3) is 0 Å². The minimum absolute atomic E-state index is 0.539. The lowest BCUT2D eigenvalue weighted by molar-refractivity contribution is 1.00. The minimum Gasteiger partial charge on any atom is -0.174 e. The molecule has 0 aliphatic carbocycles. The smallest absolute Gasteiger partial charge is 0.0733 e. The van der Waals surface area contributed by atoms with E-state index in [4.69, 9.17) is 13.3 Å². The standard InChI is InChI=1S/C32H45P3/c1-24(2)34(9,25(3)4)31-22-16-14-20-29(31)33(28-18-12-11-13-19-28)30-21-15-17-23-32(30)35(10,26(5)6)27(7)8/h11-27H,9-10H2,1-8H3. The van der Waals surface area contributed by atoms with Gasteiger partial charge in [0.15, 0.2) is 0 Å². The Labute approximate surface area is 218 Å². The van der Waals surface area contributed by atoms with E-state index in [1.54, 1.807) is 0 Å². The van der Waals surface area contributed by atoms with Crippen molar-refractivity contribution < 1.29 is 0 Å². The summed E-state index contributed by atoms with van der Waals surface area (Å²) in [5.74, 6) is 0. The molecule has 0 amide bonds. The van der Waals surface area contributed by atoms with Crippen molar-refractivity contribution in [3.63, 3.8) is 0 Å². The van der Waals surface area contributed by atoms with Crippen molar-refractivity contribution in [3.05, 3.63) is 92.2 Å². The van der Waals surface area contributed by atoms with Crippen LogP contribution in [0.4, 0.5) is 0 Å². The molecule has 0 saturated carbocycles. The summed E-state index contributed by atoms with van der Waals surface area (Å²) in [5, 5.41) is 7.42. The zero-order valence-electron chi connectivity index (χ0n) is 23.1. The molecular weight excluding hydrogens is 477 g/mol. The fraction of sp³-hybridized carbons (Fsp3) is 0.375. The first-order valence-corrected chi connectivity index (χ1v) is 18.5. The summed E-state index contributed by atoms with van der Waals surface area (Å²) in [7, 11) is -4.00. The van der Waals surface area contributed by atoms with Gasteiger partial charge in [-0.1, -0.05) is 81.3 Å². The van der Waals surface area contributed by atoms with Gasteiger partial charge in [-0.15, -0.1) is 0 Å². The maximum absolute atomic E-state index is 5.01. The Morgan fingerprint density at radius 1 is 0.486 bits per heavy atom. The van der Waals surface area contributed by atoms with E-state index in [0.717, 1.165) is 0 Å². The molecular formula is C32H45P3. The summed E-state index contributed by atoms with van der Waals surface area (Å²) in [4.78, 5) is 0. The maximum atomic E-state index is 5.01. The van der Waals surface area contributed by atoms with Crippen LogP contribution < -0.4 is 26.5 Å². The quantitative estimate of drug-likeness (QED) is 0.198. The van der Waals surface area contributed by atoms with Gasteiger partial charge in [0, 0.05) is 33.2 Å². The lowest BCUT2D eigenvalue weighted by atomic mass is 10.3. The molecule has 0 aliphatic rings. The highest BCUT2D eigenvalue weighted by molar-refractivity contribution is 7.91. The summed E-state index contributed by atoms with van der Waals surface area (Å²) in [6.07, 6.45) is 0. The van der Waals surface area contributed by atoms with Gasteiger partial charge in [0.1, 0.15) is 0 Å². The molecule has 0 heterocycles. The largest absolute Gasteiger partial charge is 0.174 e. The summed E-state index contributed by atoms with van der Waals surface area (Å²) < 4.78 is 0. The predicted octanol–water partition coefficient (Wildman–Crippen LogP) is 7.95. The molecule has 3 aromatic carbocycles. The first-order valence-electron chi connectivity index (χ1n) is 13.0. The van der Waals surface area contributed by atoms with Crippen LogP contribution in [0.2, 0.25) is 0 Å². The van der Waals surface area contributed by atoms with Crippen molar-refractivity contribution in [1.82, 2.24) is 0 Å². The molecule has 0 spiro atoms. The number of rotatable bonds is 9. The van der Waals surface area contributed by atoms with Crippen LogP contribution in [-0.2, 0) is 0 Å². The van der Waals surface area contributed by atoms with Crippen molar-refractivity contribution in [1.29, 1.82) is 0 Å². The van der Waals surface area contributed by atoms with Crippen LogP contribution in [0, 0.1) is 13.3 Å². The third kappa shape index (κ3) is 5.33. The lowest BCUT2D eigenvalue weighted by Gasteiger charge is -2.42. The molecule has 0 radical (unpaired) electrons. The molecule has 0 aliphatic heterocycles. The van der Waals surface area contributed by atoms with Crippen molar-refractivity contribution in [2.45, 2.75) is 78.0 Å². The first-order chi connectivity index (χ1) is 16.5. The average molecular weight is 523 g/mol. The van der Waals surface area contributed by atoms with Gasteiger partial charge >= 0.3 is 0 Å². The van der Waals surface area contributed by atoms with Crippen LogP contribution in [-0.4, -0.2) is 22.6 Å². The second kappa shape index (κ2) is 11.6. The third-order valence-electron chi connectivity index (χ3n) is 7.84. The second-order valence-electron chi connectivity index (χ2n) is 10.9.